The lowest BCUT2D eigenvalue weighted by atomic mass is 10.1. The topological polar surface area (TPSA) is 76.1 Å². The molecule has 0 radical (unpaired) electrons. The summed E-state index contributed by atoms with van der Waals surface area (Å²) >= 11 is 11.6. The Labute approximate surface area is 115 Å². The summed E-state index contributed by atoms with van der Waals surface area (Å²) in [6.45, 7) is 1.15. The number of hydrogen-bond donors (Lipinski definition) is 1. The van der Waals surface area contributed by atoms with E-state index in [0.29, 0.717) is 10.0 Å². The van der Waals surface area contributed by atoms with Crippen molar-refractivity contribution in [3.63, 3.8) is 0 Å². The predicted octanol–water partition coefficient (Wildman–Crippen LogP) is 2.70. The molecule has 0 aliphatic carbocycles. The van der Waals surface area contributed by atoms with Crippen LogP contribution in [0.1, 0.15) is 6.92 Å². The highest BCUT2D eigenvalue weighted by atomic mass is 35.5. The van der Waals surface area contributed by atoms with Gasteiger partial charge in [0.05, 0.1) is 5.02 Å². The van der Waals surface area contributed by atoms with Crippen LogP contribution in [0.25, 0.3) is 0 Å². The highest BCUT2D eigenvalue weighted by molar-refractivity contribution is 6.34. The van der Waals surface area contributed by atoms with E-state index in [1.807, 2.05) is 0 Å². The van der Waals surface area contributed by atoms with Gasteiger partial charge in [-0.2, -0.15) is 5.26 Å². The molecule has 0 saturated carbocycles. The van der Waals surface area contributed by atoms with E-state index in [4.69, 9.17) is 38.9 Å². The molecule has 6 heteroatoms. The molecule has 0 atom stereocenters. The van der Waals surface area contributed by atoms with Crippen LogP contribution >= 0.6 is 23.2 Å². The third-order valence-electron chi connectivity index (χ3n) is 2.04. The van der Waals surface area contributed by atoms with Gasteiger partial charge in [-0.25, -0.2) is 0 Å². The van der Waals surface area contributed by atoms with Crippen LogP contribution in [0.15, 0.2) is 29.5 Å². The minimum atomic E-state index is -0.506. The zero-order chi connectivity index (χ0) is 13.7. The maximum Gasteiger partial charge on any atom is 0.212 e. The van der Waals surface area contributed by atoms with E-state index in [1.54, 1.807) is 18.2 Å². The number of rotatable bonds is 4. The number of hydrogen-bond acceptors (Lipinski definition) is 4. The van der Waals surface area contributed by atoms with Crippen molar-refractivity contribution in [1.82, 2.24) is 0 Å². The molecule has 0 aliphatic rings. The summed E-state index contributed by atoms with van der Waals surface area (Å²) in [5.74, 6) is -0.224. The summed E-state index contributed by atoms with van der Waals surface area (Å²) < 4.78 is 5.21. The van der Waals surface area contributed by atoms with E-state index in [1.165, 1.54) is 13.0 Å². The highest BCUT2D eigenvalue weighted by Crippen LogP contribution is 2.27. The van der Waals surface area contributed by atoms with Crippen molar-refractivity contribution >= 4 is 29.0 Å². The first kappa shape index (κ1) is 14.4. The van der Waals surface area contributed by atoms with Gasteiger partial charge in [0, 0.05) is 16.8 Å². The number of nitrogens with two attached hydrogens (primary N) is 1. The van der Waals surface area contributed by atoms with Gasteiger partial charge in [-0.3, -0.25) is 4.79 Å². The molecule has 2 N–H and O–H groups in total. The van der Waals surface area contributed by atoms with E-state index in [-0.39, 0.29) is 23.6 Å². The quantitative estimate of drug-likeness (QED) is 0.681. The number of Topliss-reactive ketones (excluding diaryl/α,β-unsaturated/α-hetero) is 1. The number of nitrogens with zero attached hydrogens (tertiary/aromatic N) is 1. The van der Waals surface area contributed by atoms with Crippen LogP contribution in [-0.4, -0.2) is 12.4 Å². The third kappa shape index (κ3) is 3.66. The smallest absolute Gasteiger partial charge is 0.212 e. The van der Waals surface area contributed by atoms with Crippen molar-refractivity contribution in [2.45, 2.75) is 6.92 Å². The largest absolute Gasteiger partial charge is 0.484 e. The lowest BCUT2D eigenvalue weighted by Crippen LogP contribution is -2.16. The molecule has 0 spiro atoms. The molecule has 0 aliphatic heterocycles. The van der Waals surface area contributed by atoms with Gasteiger partial charge in [-0.05, 0) is 19.1 Å². The molecule has 1 rings (SSSR count). The van der Waals surface area contributed by atoms with Gasteiger partial charge >= 0.3 is 0 Å². The first-order valence-corrected chi connectivity index (χ1v) is 5.68. The van der Waals surface area contributed by atoms with Crippen LogP contribution in [0.5, 0.6) is 5.75 Å². The molecule has 1 aromatic carbocycles. The number of nitriles is 1. The summed E-state index contributed by atoms with van der Waals surface area (Å²) in [7, 11) is 0. The van der Waals surface area contributed by atoms with Gasteiger partial charge in [-0.1, -0.05) is 23.2 Å². The highest BCUT2D eigenvalue weighted by Gasteiger charge is 2.13. The third-order valence-corrected chi connectivity index (χ3v) is 2.58. The van der Waals surface area contributed by atoms with Gasteiger partial charge in [0.2, 0.25) is 5.78 Å². The maximum absolute atomic E-state index is 11.6. The van der Waals surface area contributed by atoms with Crippen LogP contribution in [0.4, 0.5) is 0 Å². The number of ketones is 1. The van der Waals surface area contributed by atoms with Gasteiger partial charge in [0.15, 0.2) is 6.61 Å². The number of halogens is 2. The molecular weight excluding hydrogens is 275 g/mol. The fourth-order valence-electron chi connectivity index (χ4n) is 1.17. The summed E-state index contributed by atoms with van der Waals surface area (Å²) in [6.07, 6.45) is 0. The first-order chi connectivity index (χ1) is 8.45. The fraction of sp³-hybridized carbons (Fsp3) is 0.167. The standard InChI is InChI=1S/C12H10Cl2N2O2/c1-7(16)9(5-15)11(17)6-18-12-4-8(13)2-3-10(12)14/h2-4H,6,16H2,1H3/b9-7+. The fourth-order valence-corrected chi connectivity index (χ4v) is 1.51. The van der Waals surface area contributed by atoms with Crippen LogP contribution in [0, 0.1) is 11.3 Å². The maximum atomic E-state index is 11.6. The van der Waals surface area contributed by atoms with Crippen LogP contribution in [0.2, 0.25) is 10.0 Å². The van der Waals surface area contributed by atoms with Gasteiger partial charge < -0.3 is 10.5 Å². The van der Waals surface area contributed by atoms with Crippen molar-refractivity contribution in [2.24, 2.45) is 5.73 Å². The average Bonchev–Trinajstić information content (AvgIpc) is 2.30. The summed E-state index contributed by atoms with van der Waals surface area (Å²) in [5, 5.41) is 9.52. The molecule has 0 heterocycles. The Morgan fingerprint density at radius 2 is 2.17 bits per heavy atom. The monoisotopic (exact) mass is 284 g/mol. The second kappa shape index (κ2) is 6.29. The number of allylic oxidation sites excluding steroid dienone is 1. The second-order valence-electron chi connectivity index (χ2n) is 3.46. The molecule has 0 saturated heterocycles. The second-order valence-corrected chi connectivity index (χ2v) is 4.30. The van der Waals surface area contributed by atoms with Crippen LogP contribution < -0.4 is 10.5 Å². The van der Waals surface area contributed by atoms with Gasteiger partial charge in [0.1, 0.15) is 17.4 Å². The number of carbonyl (C=O) groups excluding carboxylic acids is 1. The summed E-state index contributed by atoms with van der Waals surface area (Å²) in [4.78, 5) is 11.6. The van der Waals surface area contributed by atoms with E-state index in [9.17, 15) is 4.79 Å². The molecule has 18 heavy (non-hydrogen) atoms. The van der Waals surface area contributed by atoms with Gasteiger partial charge in [0.25, 0.3) is 0 Å². The molecule has 4 nitrogen and oxygen atoms in total. The normalized spacial score (nSPS) is 11.4. The molecule has 0 amide bonds. The summed E-state index contributed by atoms with van der Waals surface area (Å²) in [5.41, 5.74) is 5.44. The van der Waals surface area contributed by atoms with Crippen molar-refractivity contribution in [3.8, 4) is 11.8 Å². The Morgan fingerprint density at radius 1 is 1.50 bits per heavy atom. The minimum Gasteiger partial charge on any atom is -0.484 e. The average molecular weight is 285 g/mol. The Bertz CT molecular complexity index is 543. The molecule has 0 bridgehead atoms. The van der Waals surface area contributed by atoms with E-state index in [0.717, 1.165) is 0 Å². The lowest BCUT2D eigenvalue weighted by Gasteiger charge is -2.07. The van der Waals surface area contributed by atoms with Crippen molar-refractivity contribution in [3.05, 3.63) is 39.5 Å². The number of ether oxygens (including phenoxy) is 1. The zero-order valence-electron chi connectivity index (χ0n) is 9.54. The van der Waals surface area contributed by atoms with Crippen molar-refractivity contribution < 1.29 is 9.53 Å². The Morgan fingerprint density at radius 3 is 2.72 bits per heavy atom. The molecule has 0 unspecified atom stereocenters. The van der Waals surface area contributed by atoms with E-state index in [2.05, 4.69) is 0 Å². The van der Waals surface area contributed by atoms with Crippen molar-refractivity contribution in [2.75, 3.05) is 6.61 Å². The van der Waals surface area contributed by atoms with Crippen LogP contribution in [0.3, 0.4) is 0 Å². The Hall–Kier alpha value is -1.70. The van der Waals surface area contributed by atoms with E-state index < -0.39 is 5.78 Å². The van der Waals surface area contributed by atoms with E-state index >= 15 is 0 Å². The molecule has 94 valence electrons. The first-order valence-electron chi connectivity index (χ1n) is 4.93. The molecular formula is C12H10Cl2N2O2. The van der Waals surface area contributed by atoms with Crippen molar-refractivity contribution in [1.29, 1.82) is 5.26 Å². The molecule has 1 aromatic rings. The molecule has 0 aromatic heterocycles. The van der Waals surface area contributed by atoms with Gasteiger partial charge in [-0.15, -0.1) is 0 Å². The lowest BCUT2D eigenvalue weighted by molar-refractivity contribution is -0.117. The Kier molecular flexibility index (Phi) is 5.02. The predicted molar refractivity (Wildman–Crippen MR) is 69.5 cm³/mol. The van der Waals surface area contributed by atoms with Crippen LogP contribution in [-0.2, 0) is 4.79 Å². The number of carbonyl (C=O) groups is 1. The summed E-state index contributed by atoms with van der Waals surface area (Å²) in [6, 6.07) is 6.37. The minimum absolute atomic E-state index is 0.117. The Balaban J connectivity index is 2.78. The number of benzene rings is 1. The zero-order valence-corrected chi connectivity index (χ0v) is 11.0. The SMILES string of the molecule is C/C(N)=C(/C#N)C(=O)COc1cc(Cl)ccc1Cl. The molecule has 0 fully saturated rings.